The Hall–Kier alpha value is -3.07. The topological polar surface area (TPSA) is 35.5 Å². The zero-order valence-corrected chi connectivity index (χ0v) is 12.7. The first-order valence-electron chi connectivity index (χ1n) is 7.28. The van der Waals surface area contributed by atoms with Crippen LogP contribution in [0.4, 0.5) is 0 Å². The van der Waals surface area contributed by atoms with E-state index in [1.807, 2.05) is 42.5 Å². The van der Waals surface area contributed by atoms with Crippen LogP contribution in [0.2, 0.25) is 0 Å². The molecular weight excluding hydrogens is 288 g/mol. The van der Waals surface area contributed by atoms with Gasteiger partial charge in [-0.1, -0.05) is 42.5 Å². The highest BCUT2D eigenvalue weighted by Gasteiger charge is 2.09. The molecule has 0 amide bonds. The fourth-order valence-electron chi connectivity index (χ4n) is 2.24. The van der Waals surface area contributed by atoms with E-state index in [2.05, 4.69) is 0 Å². The van der Waals surface area contributed by atoms with Crippen LogP contribution in [0.15, 0.2) is 78.9 Å². The number of methoxy groups -OCH3 is 1. The van der Waals surface area contributed by atoms with E-state index in [-0.39, 0.29) is 5.97 Å². The van der Waals surface area contributed by atoms with Crippen molar-refractivity contribution < 1.29 is 14.3 Å². The average Bonchev–Trinajstić information content (AvgIpc) is 2.63. The molecule has 0 bridgehead atoms. The Morgan fingerprint density at radius 2 is 1.26 bits per heavy atom. The minimum absolute atomic E-state index is 0.380. The number of carbonyl (C=O) groups excluding carboxylic acids is 1. The number of esters is 1. The van der Waals surface area contributed by atoms with Crippen LogP contribution in [0.25, 0.3) is 11.1 Å². The van der Waals surface area contributed by atoms with E-state index in [1.54, 1.807) is 43.5 Å². The largest absolute Gasteiger partial charge is 0.497 e. The third-order valence-electron chi connectivity index (χ3n) is 3.50. The van der Waals surface area contributed by atoms with Crippen LogP contribution in [-0.4, -0.2) is 13.1 Å². The van der Waals surface area contributed by atoms with Crippen molar-refractivity contribution in [1.29, 1.82) is 0 Å². The van der Waals surface area contributed by atoms with Crippen molar-refractivity contribution in [3.05, 3.63) is 84.4 Å². The van der Waals surface area contributed by atoms with E-state index in [1.165, 1.54) is 0 Å². The normalized spacial score (nSPS) is 10.1. The summed E-state index contributed by atoms with van der Waals surface area (Å²) in [6.07, 6.45) is 0. The van der Waals surface area contributed by atoms with E-state index < -0.39 is 0 Å². The number of hydrogen-bond donors (Lipinski definition) is 0. The quantitative estimate of drug-likeness (QED) is 0.523. The Morgan fingerprint density at radius 1 is 0.696 bits per heavy atom. The van der Waals surface area contributed by atoms with Crippen LogP contribution >= 0.6 is 0 Å². The first-order chi connectivity index (χ1) is 11.3. The number of ether oxygens (including phenoxy) is 2. The number of hydrogen-bond acceptors (Lipinski definition) is 3. The predicted octanol–water partition coefficient (Wildman–Crippen LogP) is 4.58. The van der Waals surface area contributed by atoms with Gasteiger partial charge in [0.1, 0.15) is 11.5 Å². The van der Waals surface area contributed by atoms with Crippen LogP contribution < -0.4 is 9.47 Å². The van der Waals surface area contributed by atoms with Crippen LogP contribution in [0.5, 0.6) is 11.5 Å². The van der Waals surface area contributed by atoms with Crippen LogP contribution in [0.3, 0.4) is 0 Å². The summed E-state index contributed by atoms with van der Waals surface area (Å²) in [6, 6.07) is 24.3. The molecule has 3 aromatic carbocycles. The first kappa shape index (κ1) is 14.9. The second-order valence-corrected chi connectivity index (χ2v) is 5.01. The molecule has 114 valence electrons. The third kappa shape index (κ3) is 3.58. The van der Waals surface area contributed by atoms with Gasteiger partial charge in [0, 0.05) is 0 Å². The third-order valence-corrected chi connectivity index (χ3v) is 3.50. The second-order valence-electron chi connectivity index (χ2n) is 5.01. The molecule has 0 unspecified atom stereocenters. The molecule has 0 atom stereocenters. The van der Waals surface area contributed by atoms with Gasteiger partial charge in [0.05, 0.1) is 12.7 Å². The lowest BCUT2D eigenvalue weighted by molar-refractivity contribution is 0.0734. The Kier molecular flexibility index (Phi) is 4.39. The lowest BCUT2D eigenvalue weighted by Crippen LogP contribution is -2.08. The molecule has 0 aliphatic heterocycles. The van der Waals surface area contributed by atoms with E-state index in [0.717, 1.165) is 16.9 Å². The molecule has 0 aromatic heterocycles. The van der Waals surface area contributed by atoms with Gasteiger partial charge >= 0.3 is 5.97 Å². The van der Waals surface area contributed by atoms with Gasteiger partial charge in [-0.15, -0.1) is 0 Å². The van der Waals surface area contributed by atoms with E-state index in [0.29, 0.717) is 11.3 Å². The molecule has 0 fully saturated rings. The van der Waals surface area contributed by atoms with E-state index in [4.69, 9.17) is 9.47 Å². The highest BCUT2D eigenvalue weighted by Crippen LogP contribution is 2.21. The van der Waals surface area contributed by atoms with Gasteiger partial charge in [-0.3, -0.25) is 0 Å². The highest BCUT2D eigenvalue weighted by molar-refractivity contribution is 5.91. The molecule has 0 N–H and O–H groups in total. The van der Waals surface area contributed by atoms with Gasteiger partial charge in [0.2, 0.25) is 0 Å². The maximum atomic E-state index is 12.2. The van der Waals surface area contributed by atoms with Gasteiger partial charge in [-0.05, 0) is 47.5 Å². The van der Waals surface area contributed by atoms with Crippen LogP contribution in [0.1, 0.15) is 10.4 Å². The molecule has 0 spiro atoms. The molecule has 0 heterocycles. The summed E-state index contributed by atoms with van der Waals surface area (Å²) in [5.74, 6) is 0.828. The highest BCUT2D eigenvalue weighted by atomic mass is 16.5. The van der Waals surface area contributed by atoms with Crippen molar-refractivity contribution in [2.75, 3.05) is 7.11 Å². The summed E-state index contributed by atoms with van der Waals surface area (Å²) in [5.41, 5.74) is 2.69. The summed E-state index contributed by atoms with van der Waals surface area (Å²) >= 11 is 0. The van der Waals surface area contributed by atoms with Crippen molar-refractivity contribution >= 4 is 5.97 Å². The molecule has 0 saturated carbocycles. The zero-order chi connectivity index (χ0) is 16.1. The Bertz CT molecular complexity index is 775. The minimum atomic E-state index is -0.380. The molecule has 0 aliphatic carbocycles. The standard InChI is InChI=1S/C20H16O3/c1-22-18-11-13-19(14-12-18)23-20(21)17-9-7-16(8-10-17)15-5-3-2-4-6-15/h2-14H,1H3. The molecule has 3 heteroatoms. The van der Waals surface area contributed by atoms with Crippen molar-refractivity contribution in [3.63, 3.8) is 0 Å². The van der Waals surface area contributed by atoms with Gasteiger partial charge < -0.3 is 9.47 Å². The average molecular weight is 304 g/mol. The fourth-order valence-corrected chi connectivity index (χ4v) is 2.24. The smallest absolute Gasteiger partial charge is 0.343 e. The lowest BCUT2D eigenvalue weighted by atomic mass is 10.0. The zero-order valence-electron chi connectivity index (χ0n) is 12.7. The summed E-state index contributed by atoms with van der Waals surface area (Å²) in [7, 11) is 1.59. The number of carbonyl (C=O) groups is 1. The maximum Gasteiger partial charge on any atom is 0.343 e. The van der Waals surface area contributed by atoms with Crippen molar-refractivity contribution in [3.8, 4) is 22.6 Å². The first-order valence-corrected chi connectivity index (χ1v) is 7.28. The molecule has 0 aliphatic rings. The maximum absolute atomic E-state index is 12.2. The monoisotopic (exact) mass is 304 g/mol. The summed E-state index contributed by atoms with van der Waals surface area (Å²) < 4.78 is 10.4. The van der Waals surface area contributed by atoms with Gasteiger partial charge in [0.15, 0.2) is 0 Å². The van der Waals surface area contributed by atoms with Crippen molar-refractivity contribution in [2.24, 2.45) is 0 Å². The van der Waals surface area contributed by atoms with Crippen LogP contribution in [-0.2, 0) is 0 Å². The molecule has 23 heavy (non-hydrogen) atoms. The fraction of sp³-hybridized carbons (Fsp3) is 0.0500. The SMILES string of the molecule is COc1ccc(OC(=O)c2ccc(-c3ccccc3)cc2)cc1. The number of rotatable bonds is 4. The van der Waals surface area contributed by atoms with Gasteiger partial charge in [-0.25, -0.2) is 4.79 Å². The number of benzene rings is 3. The van der Waals surface area contributed by atoms with Crippen LogP contribution in [0, 0.1) is 0 Å². The van der Waals surface area contributed by atoms with E-state index >= 15 is 0 Å². The Balaban J connectivity index is 1.72. The van der Waals surface area contributed by atoms with Gasteiger partial charge in [0.25, 0.3) is 0 Å². The van der Waals surface area contributed by atoms with Gasteiger partial charge in [-0.2, -0.15) is 0 Å². The van der Waals surface area contributed by atoms with Crippen molar-refractivity contribution in [2.45, 2.75) is 0 Å². The van der Waals surface area contributed by atoms with E-state index in [9.17, 15) is 4.79 Å². The molecular formula is C20H16O3. The second kappa shape index (κ2) is 6.79. The Labute approximate surface area is 135 Å². The molecule has 3 aromatic rings. The lowest BCUT2D eigenvalue weighted by Gasteiger charge is -2.06. The molecule has 0 radical (unpaired) electrons. The summed E-state index contributed by atoms with van der Waals surface area (Å²) in [4.78, 5) is 12.2. The molecule has 0 saturated heterocycles. The minimum Gasteiger partial charge on any atom is -0.497 e. The predicted molar refractivity (Wildman–Crippen MR) is 89.8 cm³/mol. The molecule has 3 nitrogen and oxygen atoms in total. The summed E-state index contributed by atoms with van der Waals surface area (Å²) in [5, 5.41) is 0. The Morgan fingerprint density at radius 3 is 1.87 bits per heavy atom. The molecule has 3 rings (SSSR count). The summed E-state index contributed by atoms with van der Waals surface area (Å²) in [6.45, 7) is 0. The van der Waals surface area contributed by atoms with Crippen molar-refractivity contribution in [1.82, 2.24) is 0 Å².